The lowest BCUT2D eigenvalue weighted by Crippen LogP contribution is -2.57. The van der Waals surface area contributed by atoms with Gasteiger partial charge in [0.15, 0.2) is 5.60 Å². The van der Waals surface area contributed by atoms with E-state index in [4.69, 9.17) is 9.47 Å². The van der Waals surface area contributed by atoms with Gasteiger partial charge in [-0.3, -0.25) is 4.79 Å². The zero-order chi connectivity index (χ0) is 24.3. The highest BCUT2D eigenvalue weighted by atomic mass is 16.5. The Labute approximate surface area is 198 Å². The molecule has 1 fully saturated rings. The summed E-state index contributed by atoms with van der Waals surface area (Å²) in [7, 11) is 0. The lowest BCUT2D eigenvalue weighted by atomic mass is 9.98. The molecule has 2 atom stereocenters. The molecule has 2 N–H and O–H groups in total. The van der Waals surface area contributed by atoms with E-state index in [0.29, 0.717) is 13.0 Å². The lowest BCUT2D eigenvalue weighted by Gasteiger charge is -2.38. The molecule has 0 radical (unpaired) electrons. The fourth-order valence-electron chi connectivity index (χ4n) is 4.66. The minimum Gasteiger partial charge on any atom is -0.479 e. The number of ether oxygens (including phenoxy) is 2. The molecule has 1 aliphatic carbocycles. The molecule has 2 aromatic carbocycles. The van der Waals surface area contributed by atoms with Gasteiger partial charge in [0.05, 0.1) is 13.2 Å². The van der Waals surface area contributed by atoms with Crippen molar-refractivity contribution in [3.63, 3.8) is 0 Å². The number of carboxylic acid groups (broad SMARTS) is 1. The van der Waals surface area contributed by atoms with Crippen LogP contribution in [0.25, 0.3) is 11.1 Å². The Kier molecular flexibility index (Phi) is 6.88. The van der Waals surface area contributed by atoms with Gasteiger partial charge in [0, 0.05) is 24.9 Å². The molecule has 2 amide bonds. The molecule has 0 aromatic heterocycles. The van der Waals surface area contributed by atoms with E-state index in [1.54, 1.807) is 6.92 Å². The molecule has 4 rings (SSSR count). The van der Waals surface area contributed by atoms with E-state index in [9.17, 15) is 19.5 Å². The van der Waals surface area contributed by atoms with Gasteiger partial charge in [0.1, 0.15) is 6.61 Å². The van der Waals surface area contributed by atoms with Crippen LogP contribution < -0.4 is 5.32 Å². The first-order valence-corrected chi connectivity index (χ1v) is 11.5. The van der Waals surface area contributed by atoms with Crippen LogP contribution in [0.3, 0.4) is 0 Å². The van der Waals surface area contributed by atoms with Crippen molar-refractivity contribution >= 4 is 18.0 Å². The van der Waals surface area contributed by atoms with Crippen LogP contribution in [0.4, 0.5) is 4.79 Å². The normalized spacial score (nSPS) is 20.2. The molecule has 8 heteroatoms. The van der Waals surface area contributed by atoms with Crippen LogP contribution in [0, 0.1) is 5.92 Å². The van der Waals surface area contributed by atoms with Gasteiger partial charge < -0.3 is 24.8 Å². The summed E-state index contributed by atoms with van der Waals surface area (Å²) in [6.45, 7) is 4.30. The number of carboxylic acids is 1. The molecule has 1 saturated heterocycles. The van der Waals surface area contributed by atoms with Crippen molar-refractivity contribution in [2.75, 3.05) is 32.8 Å². The second-order valence-electron chi connectivity index (χ2n) is 9.09. The van der Waals surface area contributed by atoms with E-state index < -0.39 is 17.7 Å². The average molecular weight is 467 g/mol. The zero-order valence-electron chi connectivity index (χ0n) is 19.5. The number of rotatable bonds is 7. The molecule has 0 saturated carbocycles. The third kappa shape index (κ3) is 4.77. The summed E-state index contributed by atoms with van der Waals surface area (Å²) in [5.74, 6) is -1.62. The van der Waals surface area contributed by atoms with Crippen molar-refractivity contribution in [3.8, 4) is 11.1 Å². The molecule has 2 aromatic rings. The standard InChI is InChI=1S/C26H30N2O6/c1-17(23(29)28-13-14-34-26(2,16-28)24(30)31)11-12-27-25(32)33-15-22-20-9-5-3-7-18(20)19-8-4-6-10-21(19)22/h3-10,17,22H,11-16H2,1-2H3,(H,27,32)(H,30,31). The Bertz CT molecular complexity index is 1040. The van der Waals surface area contributed by atoms with E-state index in [1.165, 1.54) is 23.0 Å². The first-order chi connectivity index (χ1) is 16.3. The number of carbonyl (C=O) groups is 3. The second-order valence-corrected chi connectivity index (χ2v) is 9.09. The van der Waals surface area contributed by atoms with Crippen molar-refractivity contribution in [2.45, 2.75) is 31.8 Å². The van der Waals surface area contributed by atoms with Crippen molar-refractivity contribution < 1.29 is 29.0 Å². The van der Waals surface area contributed by atoms with E-state index in [2.05, 4.69) is 29.6 Å². The van der Waals surface area contributed by atoms with Crippen molar-refractivity contribution in [1.82, 2.24) is 10.2 Å². The van der Waals surface area contributed by atoms with Crippen LogP contribution >= 0.6 is 0 Å². The number of alkyl carbamates (subject to hydrolysis) is 1. The fourth-order valence-corrected chi connectivity index (χ4v) is 4.66. The molecule has 0 spiro atoms. The van der Waals surface area contributed by atoms with Gasteiger partial charge in [-0.2, -0.15) is 0 Å². The third-order valence-electron chi connectivity index (χ3n) is 6.65. The predicted octanol–water partition coefficient (Wildman–Crippen LogP) is 3.25. The Morgan fingerprint density at radius 2 is 1.76 bits per heavy atom. The van der Waals surface area contributed by atoms with Crippen LogP contribution in [0.15, 0.2) is 48.5 Å². The van der Waals surface area contributed by atoms with Gasteiger partial charge in [-0.1, -0.05) is 55.5 Å². The smallest absolute Gasteiger partial charge is 0.407 e. The Hall–Kier alpha value is -3.39. The molecular formula is C26H30N2O6. The third-order valence-corrected chi connectivity index (χ3v) is 6.65. The number of carbonyl (C=O) groups excluding carboxylic acids is 2. The van der Waals surface area contributed by atoms with E-state index >= 15 is 0 Å². The maximum Gasteiger partial charge on any atom is 0.407 e. The summed E-state index contributed by atoms with van der Waals surface area (Å²) in [6.07, 6.45) is -0.101. The van der Waals surface area contributed by atoms with Gasteiger partial charge in [-0.05, 0) is 35.6 Å². The monoisotopic (exact) mass is 466 g/mol. The predicted molar refractivity (Wildman–Crippen MR) is 125 cm³/mol. The molecule has 2 aliphatic rings. The molecule has 180 valence electrons. The average Bonchev–Trinajstić information content (AvgIpc) is 3.16. The summed E-state index contributed by atoms with van der Waals surface area (Å²) >= 11 is 0. The van der Waals surface area contributed by atoms with Crippen molar-refractivity contribution in [1.29, 1.82) is 0 Å². The number of amides is 2. The number of hydrogen-bond donors (Lipinski definition) is 2. The number of morpholine rings is 1. The minimum atomic E-state index is -1.40. The number of fused-ring (bicyclic) bond motifs is 3. The zero-order valence-corrected chi connectivity index (χ0v) is 19.5. The van der Waals surface area contributed by atoms with Crippen LogP contribution in [0.2, 0.25) is 0 Å². The van der Waals surface area contributed by atoms with Crippen LogP contribution in [0.5, 0.6) is 0 Å². The summed E-state index contributed by atoms with van der Waals surface area (Å²) in [5.41, 5.74) is 3.24. The summed E-state index contributed by atoms with van der Waals surface area (Å²) in [4.78, 5) is 38.0. The topological polar surface area (TPSA) is 105 Å². The molecule has 0 bridgehead atoms. The maximum atomic E-state index is 12.8. The molecule has 34 heavy (non-hydrogen) atoms. The number of nitrogens with one attached hydrogen (secondary N) is 1. The van der Waals surface area contributed by atoms with E-state index in [-0.39, 0.29) is 44.0 Å². The number of aliphatic carboxylic acids is 1. The fraction of sp³-hybridized carbons (Fsp3) is 0.423. The van der Waals surface area contributed by atoms with Crippen LogP contribution in [-0.4, -0.2) is 66.4 Å². The van der Waals surface area contributed by atoms with Gasteiger partial charge in [0.25, 0.3) is 0 Å². The Morgan fingerprint density at radius 3 is 2.38 bits per heavy atom. The molecule has 2 unspecified atom stereocenters. The Balaban J connectivity index is 1.25. The second kappa shape index (κ2) is 9.85. The Morgan fingerprint density at radius 1 is 1.15 bits per heavy atom. The largest absolute Gasteiger partial charge is 0.479 e. The molecule has 1 aliphatic heterocycles. The minimum absolute atomic E-state index is 0.00527. The molecule has 8 nitrogen and oxygen atoms in total. The van der Waals surface area contributed by atoms with Gasteiger partial charge in [0.2, 0.25) is 5.91 Å². The highest BCUT2D eigenvalue weighted by Crippen LogP contribution is 2.44. The lowest BCUT2D eigenvalue weighted by molar-refractivity contribution is -0.178. The van der Waals surface area contributed by atoms with Crippen LogP contribution in [0.1, 0.15) is 37.3 Å². The SMILES string of the molecule is CC(CCNC(=O)OCC1c2ccccc2-c2ccccc21)C(=O)N1CCOC(C)(C(=O)O)C1. The maximum absolute atomic E-state index is 12.8. The van der Waals surface area contributed by atoms with Crippen LogP contribution in [-0.2, 0) is 19.1 Å². The van der Waals surface area contributed by atoms with Gasteiger partial charge >= 0.3 is 12.1 Å². The number of hydrogen-bond acceptors (Lipinski definition) is 5. The van der Waals surface area contributed by atoms with Crippen molar-refractivity contribution in [3.05, 3.63) is 59.7 Å². The quantitative estimate of drug-likeness (QED) is 0.649. The molecule has 1 heterocycles. The first-order valence-electron chi connectivity index (χ1n) is 11.5. The van der Waals surface area contributed by atoms with E-state index in [1.807, 2.05) is 24.3 Å². The van der Waals surface area contributed by atoms with Gasteiger partial charge in [-0.15, -0.1) is 0 Å². The first kappa shape index (κ1) is 23.8. The number of benzene rings is 2. The van der Waals surface area contributed by atoms with Crippen molar-refractivity contribution in [2.24, 2.45) is 5.92 Å². The van der Waals surface area contributed by atoms with Gasteiger partial charge in [-0.25, -0.2) is 9.59 Å². The van der Waals surface area contributed by atoms with E-state index in [0.717, 1.165) is 11.1 Å². The highest BCUT2D eigenvalue weighted by Gasteiger charge is 2.41. The summed E-state index contributed by atoms with van der Waals surface area (Å²) in [6, 6.07) is 16.3. The molecular weight excluding hydrogens is 436 g/mol. The number of nitrogens with zero attached hydrogens (tertiary/aromatic N) is 1. The summed E-state index contributed by atoms with van der Waals surface area (Å²) < 4.78 is 10.9. The highest BCUT2D eigenvalue weighted by molar-refractivity contribution is 5.82. The summed E-state index contributed by atoms with van der Waals surface area (Å²) in [5, 5.41) is 12.1.